The molecule has 0 spiro atoms. The van der Waals surface area contributed by atoms with Crippen LogP contribution >= 0.6 is 31.9 Å². The van der Waals surface area contributed by atoms with Gasteiger partial charge in [-0.3, -0.25) is 0 Å². The van der Waals surface area contributed by atoms with Gasteiger partial charge in [-0.05, 0) is 64.8 Å². The number of hydrogen-bond acceptors (Lipinski definition) is 2. The van der Waals surface area contributed by atoms with Crippen LogP contribution in [0.1, 0.15) is 11.1 Å². The zero-order valence-electron chi connectivity index (χ0n) is 10.7. The van der Waals surface area contributed by atoms with Gasteiger partial charge in [0.25, 0.3) is 0 Å². The summed E-state index contributed by atoms with van der Waals surface area (Å²) >= 11 is 6.78. The molecule has 2 rings (SSSR count). The van der Waals surface area contributed by atoms with E-state index in [9.17, 15) is 4.39 Å². The third-order valence-electron chi connectivity index (χ3n) is 2.82. The molecule has 0 saturated heterocycles. The summed E-state index contributed by atoms with van der Waals surface area (Å²) in [5.41, 5.74) is 7.17. The van der Waals surface area contributed by atoms with Gasteiger partial charge in [0, 0.05) is 10.0 Å². The van der Waals surface area contributed by atoms with Crippen LogP contribution < -0.4 is 10.5 Å². The van der Waals surface area contributed by atoms with Crippen LogP contribution in [0.4, 0.5) is 4.39 Å². The van der Waals surface area contributed by atoms with E-state index in [1.807, 2.05) is 18.2 Å². The van der Waals surface area contributed by atoms with Crippen molar-refractivity contribution in [3.63, 3.8) is 0 Å². The molecular formula is C15H14Br2FNO. The minimum absolute atomic E-state index is 0.181. The van der Waals surface area contributed by atoms with Gasteiger partial charge in [-0.1, -0.05) is 22.0 Å². The first-order valence-electron chi connectivity index (χ1n) is 6.15. The fourth-order valence-corrected chi connectivity index (χ4v) is 2.74. The molecule has 2 aromatic carbocycles. The summed E-state index contributed by atoms with van der Waals surface area (Å²) in [6, 6.07) is 10.6. The molecule has 0 aliphatic heterocycles. The number of rotatable bonds is 5. The zero-order chi connectivity index (χ0) is 14.5. The quantitative estimate of drug-likeness (QED) is 0.802. The molecule has 0 atom stereocenters. The smallest absolute Gasteiger partial charge is 0.134 e. The Kier molecular flexibility index (Phi) is 5.57. The predicted octanol–water partition coefficient (Wildman–Crippen LogP) is 4.43. The molecule has 2 N–H and O–H groups in total. The number of nitrogens with two attached hydrogens (primary N) is 1. The Bertz CT molecular complexity index is 604. The fourth-order valence-electron chi connectivity index (χ4n) is 1.79. The highest BCUT2D eigenvalue weighted by Gasteiger charge is 2.07. The van der Waals surface area contributed by atoms with Gasteiger partial charge in [-0.15, -0.1) is 0 Å². The van der Waals surface area contributed by atoms with Gasteiger partial charge in [0.2, 0.25) is 0 Å². The monoisotopic (exact) mass is 401 g/mol. The summed E-state index contributed by atoms with van der Waals surface area (Å²) in [4.78, 5) is 0. The number of ether oxygens (including phenoxy) is 1. The second-order valence-corrected chi connectivity index (χ2v) is 6.10. The van der Waals surface area contributed by atoms with Crippen LogP contribution in [0.5, 0.6) is 5.75 Å². The lowest BCUT2D eigenvalue weighted by Gasteiger charge is -2.10. The Balaban J connectivity index is 2.09. The normalized spacial score (nSPS) is 10.6. The highest BCUT2D eigenvalue weighted by Crippen LogP contribution is 2.27. The van der Waals surface area contributed by atoms with E-state index < -0.39 is 0 Å². The summed E-state index contributed by atoms with van der Waals surface area (Å²) in [5.74, 6) is 0.411. The van der Waals surface area contributed by atoms with Crippen molar-refractivity contribution in [1.29, 1.82) is 0 Å². The van der Waals surface area contributed by atoms with Crippen molar-refractivity contribution in [2.45, 2.75) is 13.0 Å². The topological polar surface area (TPSA) is 35.2 Å². The molecule has 20 heavy (non-hydrogen) atoms. The van der Waals surface area contributed by atoms with E-state index in [0.29, 0.717) is 17.9 Å². The van der Waals surface area contributed by atoms with E-state index in [4.69, 9.17) is 10.5 Å². The van der Waals surface area contributed by atoms with E-state index in [1.54, 1.807) is 12.1 Å². The Morgan fingerprint density at radius 1 is 1.10 bits per heavy atom. The third kappa shape index (κ3) is 4.04. The van der Waals surface area contributed by atoms with Crippen molar-refractivity contribution >= 4 is 31.9 Å². The van der Waals surface area contributed by atoms with Gasteiger partial charge in [0.05, 0.1) is 4.47 Å². The largest absolute Gasteiger partial charge is 0.488 e. The fraction of sp³-hybridized carbons (Fsp3) is 0.200. The molecule has 0 saturated carbocycles. The third-order valence-corrected chi connectivity index (χ3v) is 3.93. The molecule has 0 unspecified atom stereocenters. The first-order chi connectivity index (χ1) is 9.60. The minimum Gasteiger partial charge on any atom is -0.488 e. The van der Waals surface area contributed by atoms with Crippen molar-refractivity contribution in [1.82, 2.24) is 0 Å². The van der Waals surface area contributed by atoms with Crippen molar-refractivity contribution in [2.24, 2.45) is 5.73 Å². The Morgan fingerprint density at radius 3 is 2.60 bits per heavy atom. The molecule has 0 bridgehead atoms. The number of benzene rings is 2. The highest BCUT2D eigenvalue weighted by molar-refractivity contribution is 9.10. The van der Waals surface area contributed by atoms with Crippen LogP contribution in [0.3, 0.4) is 0 Å². The van der Waals surface area contributed by atoms with Crippen LogP contribution in [0.2, 0.25) is 0 Å². The van der Waals surface area contributed by atoms with E-state index in [0.717, 1.165) is 20.9 Å². The second-order valence-electron chi connectivity index (χ2n) is 4.33. The maximum absolute atomic E-state index is 13.6. The van der Waals surface area contributed by atoms with Crippen molar-refractivity contribution < 1.29 is 9.13 Å². The molecule has 106 valence electrons. The molecule has 0 aliphatic rings. The van der Waals surface area contributed by atoms with Crippen molar-refractivity contribution in [2.75, 3.05) is 6.54 Å². The first-order valence-corrected chi connectivity index (χ1v) is 7.74. The lowest BCUT2D eigenvalue weighted by Crippen LogP contribution is -2.03. The summed E-state index contributed by atoms with van der Waals surface area (Å²) < 4.78 is 20.9. The molecule has 5 heteroatoms. The zero-order valence-corrected chi connectivity index (χ0v) is 13.9. The Hall–Kier alpha value is -0.910. The molecule has 0 fully saturated rings. The maximum Gasteiger partial charge on any atom is 0.134 e. The molecule has 0 amide bonds. The average Bonchev–Trinajstić information content (AvgIpc) is 2.42. The summed E-state index contributed by atoms with van der Waals surface area (Å²) in [5, 5.41) is 0. The Morgan fingerprint density at radius 2 is 1.90 bits per heavy atom. The van der Waals surface area contributed by atoms with E-state index in [2.05, 4.69) is 31.9 Å². The molecular weight excluding hydrogens is 389 g/mol. The van der Waals surface area contributed by atoms with Gasteiger partial charge in [-0.25, -0.2) is 4.39 Å². The van der Waals surface area contributed by atoms with Gasteiger partial charge >= 0.3 is 0 Å². The van der Waals surface area contributed by atoms with Crippen LogP contribution in [-0.4, -0.2) is 6.54 Å². The molecule has 0 heterocycles. The standard InChI is InChI=1S/C15H14Br2FNO/c16-12-2-3-14(18)11(8-12)9-20-15-4-1-10(5-6-19)7-13(15)17/h1-4,7-8H,5-6,9,19H2. The van der Waals surface area contributed by atoms with Gasteiger partial charge in [0.15, 0.2) is 0 Å². The van der Waals surface area contributed by atoms with E-state index >= 15 is 0 Å². The van der Waals surface area contributed by atoms with Crippen LogP contribution in [0, 0.1) is 5.82 Å². The van der Waals surface area contributed by atoms with E-state index in [1.165, 1.54) is 6.07 Å². The van der Waals surface area contributed by atoms with Crippen LogP contribution in [0.25, 0.3) is 0 Å². The Labute approximate surface area is 134 Å². The molecule has 0 radical (unpaired) electrons. The SMILES string of the molecule is NCCc1ccc(OCc2cc(Br)ccc2F)c(Br)c1. The number of hydrogen-bond donors (Lipinski definition) is 1. The van der Waals surface area contributed by atoms with Gasteiger partial charge < -0.3 is 10.5 Å². The molecule has 0 aliphatic carbocycles. The van der Waals surface area contributed by atoms with Crippen LogP contribution in [-0.2, 0) is 13.0 Å². The van der Waals surface area contributed by atoms with Crippen molar-refractivity contribution in [3.8, 4) is 5.75 Å². The molecule has 2 nitrogen and oxygen atoms in total. The lowest BCUT2D eigenvalue weighted by molar-refractivity contribution is 0.298. The lowest BCUT2D eigenvalue weighted by atomic mass is 10.1. The number of halogens is 3. The maximum atomic E-state index is 13.6. The van der Waals surface area contributed by atoms with Gasteiger partial charge in [-0.2, -0.15) is 0 Å². The summed E-state index contributed by atoms with van der Waals surface area (Å²) in [6.45, 7) is 0.788. The summed E-state index contributed by atoms with van der Waals surface area (Å²) in [6.07, 6.45) is 0.819. The second kappa shape index (κ2) is 7.20. The summed E-state index contributed by atoms with van der Waals surface area (Å²) in [7, 11) is 0. The van der Waals surface area contributed by atoms with E-state index in [-0.39, 0.29) is 12.4 Å². The average molecular weight is 403 g/mol. The van der Waals surface area contributed by atoms with Crippen molar-refractivity contribution in [3.05, 3.63) is 62.3 Å². The molecule has 0 aromatic heterocycles. The predicted molar refractivity (Wildman–Crippen MR) is 85.3 cm³/mol. The highest BCUT2D eigenvalue weighted by atomic mass is 79.9. The van der Waals surface area contributed by atoms with Gasteiger partial charge in [0.1, 0.15) is 18.2 Å². The van der Waals surface area contributed by atoms with Crippen LogP contribution in [0.15, 0.2) is 45.3 Å². The minimum atomic E-state index is -0.274. The first kappa shape index (κ1) is 15.5. The molecule has 2 aromatic rings.